The van der Waals surface area contributed by atoms with E-state index in [1.165, 1.54) is 5.56 Å². The normalized spacial score (nSPS) is 12.6. The second-order valence-electron chi connectivity index (χ2n) is 5.56. The molecule has 0 amide bonds. The number of hydrogen-bond donors (Lipinski definition) is 0. The van der Waals surface area contributed by atoms with Crippen LogP contribution in [0.2, 0.25) is 0 Å². The molecule has 0 bridgehead atoms. The molecular weight excluding hydrogens is 248 g/mol. The molecule has 0 aliphatic rings. The lowest BCUT2D eigenvalue weighted by molar-refractivity contribution is 0.125. The zero-order valence-corrected chi connectivity index (χ0v) is 13.0. The van der Waals surface area contributed by atoms with E-state index in [0.29, 0.717) is 12.5 Å². The smallest absolute Gasteiger partial charge is 0.129 e. The number of allylic oxidation sites excluding steroid dienone is 1. The van der Waals surface area contributed by atoms with Gasteiger partial charge in [-0.05, 0) is 38.1 Å². The maximum Gasteiger partial charge on any atom is 0.129 e. The Bertz CT molecular complexity index is 422. The molecule has 0 aliphatic carbocycles. The Kier molecular flexibility index (Phi) is 7.66. The van der Waals surface area contributed by atoms with Gasteiger partial charge in [-0.3, -0.25) is 0 Å². The summed E-state index contributed by atoms with van der Waals surface area (Å²) in [7, 11) is 4.05. The van der Waals surface area contributed by atoms with Gasteiger partial charge in [-0.1, -0.05) is 55.4 Å². The first kappa shape index (κ1) is 16.4. The summed E-state index contributed by atoms with van der Waals surface area (Å²) in [5.41, 5.74) is 2.17. The molecule has 0 saturated carbocycles. The van der Waals surface area contributed by atoms with Gasteiger partial charge in [0.2, 0.25) is 0 Å². The predicted octanol–water partition coefficient (Wildman–Crippen LogP) is 3.68. The van der Waals surface area contributed by atoms with E-state index in [-0.39, 0.29) is 0 Å². The van der Waals surface area contributed by atoms with E-state index in [2.05, 4.69) is 42.1 Å². The molecule has 0 unspecified atom stereocenters. The van der Waals surface area contributed by atoms with Gasteiger partial charge in [0, 0.05) is 6.54 Å². The highest BCUT2D eigenvalue weighted by Gasteiger charge is 2.01. The largest absolute Gasteiger partial charge is 0.394 e. The number of rotatable bonds is 8. The highest BCUT2D eigenvalue weighted by atomic mass is 16.6. The Labute approximate surface area is 122 Å². The minimum Gasteiger partial charge on any atom is -0.394 e. The fourth-order valence-electron chi connectivity index (χ4n) is 1.66. The maximum atomic E-state index is 5.39. The van der Waals surface area contributed by atoms with Crippen molar-refractivity contribution in [3.63, 3.8) is 0 Å². The lowest BCUT2D eigenvalue weighted by Crippen LogP contribution is -2.17. The van der Waals surface area contributed by atoms with Crippen molar-refractivity contribution in [3.8, 4) is 0 Å². The molecule has 0 aliphatic heterocycles. The van der Waals surface area contributed by atoms with Crippen LogP contribution < -0.4 is 0 Å². The summed E-state index contributed by atoms with van der Waals surface area (Å²) >= 11 is 0. The molecule has 0 heterocycles. The van der Waals surface area contributed by atoms with E-state index >= 15 is 0 Å². The third-order valence-corrected chi connectivity index (χ3v) is 2.70. The van der Waals surface area contributed by atoms with Gasteiger partial charge in [0.25, 0.3) is 0 Å². The minimum atomic E-state index is 0.562. The second kappa shape index (κ2) is 9.32. The molecule has 110 valence electrons. The van der Waals surface area contributed by atoms with Gasteiger partial charge in [-0.2, -0.15) is 0 Å². The zero-order chi connectivity index (χ0) is 14.8. The van der Waals surface area contributed by atoms with Crippen molar-refractivity contribution >= 4 is 11.8 Å². The molecule has 3 heteroatoms. The molecule has 0 radical (unpaired) electrons. The molecule has 0 fully saturated rings. The Morgan fingerprint density at radius 1 is 1.25 bits per heavy atom. The highest BCUT2D eigenvalue weighted by Crippen LogP contribution is 2.07. The van der Waals surface area contributed by atoms with Crippen molar-refractivity contribution in [3.05, 3.63) is 42.0 Å². The molecule has 0 atom stereocenters. The van der Waals surface area contributed by atoms with Crippen LogP contribution in [0.15, 0.2) is 41.6 Å². The van der Waals surface area contributed by atoms with Gasteiger partial charge >= 0.3 is 0 Å². The molecule has 0 spiro atoms. The van der Waals surface area contributed by atoms with Crippen molar-refractivity contribution < 1.29 is 4.84 Å². The van der Waals surface area contributed by atoms with Crippen LogP contribution >= 0.6 is 0 Å². The van der Waals surface area contributed by atoms with E-state index in [0.717, 1.165) is 18.7 Å². The number of oxime groups is 1. The Hall–Kier alpha value is -1.61. The van der Waals surface area contributed by atoms with Crippen molar-refractivity contribution in [1.29, 1.82) is 0 Å². The number of likely N-dealkylation sites (N-methyl/N-ethyl adjacent to an activating group) is 1. The first-order valence-corrected chi connectivity index (χ1v) is 7.14. The van der Waals surface area contributed by atoms with E-state index in [1.807, 2.05) is 38.4 Å². The molecule has 1 rings (SSSR count). The standard InChI is InChI=1S/C17H26N2O/c1-15(2)14-17(18-20-13-12-19(3)4)11-10-16-8-6-5-7-9-16/h5-11,15H,12-14H2,1-4H3/b11-10+,18-17-. The molecule has 1 aromatic rings. The average Bonchev–Trinajstić information content (AvgIpc) is 2.41. The van der Waals surface area contributed by atoms with Crippen molar-refractivity contribution in [2.24, 2.45) is 11.1 Å². The van der Waals surface area contributed by atoms with Crippen LogP contribution in [0.3, 0.4) is 0 Å². The summed E-state index contributed by atoms with van der Waals surface area (Å²) in [4.78, 5) is 7.47. The third-order valence-electron chi connectivity index (χ3n) is 2.70. The fraction of sp³-hybridized carbons (Fsp3) is 0.471. The van der Waals surface area contributed by atoms with Crippen LogP contribution in [0.1, 0.15) is 25.8 Å². The van der Waals surface area contributed by atoms with Gasteiger partial charge in [0.15, 0.2) is 0 Å². The Morgan fingerprint density at radius 2 is 1.95 bits per heavy atom. The van der Waals surface area contributed by atoms with Crippen LogP contribution in [-0.2, 0) is 4.84 Å². The van der Waals surface area contributed by atoms with Gasteiger partial charge in [0.05, 0.1) is 5.71 Å². The molecule has 0 N–H and O–H groups in total. The fourth-order valence-corrected chi connectivity index (χ4v) is 1.66. The lowest BCUT2D eigenvalue weighted by Gasteiger charge is -2.09. The molecular formula is C17H26N2O. The van der Waals surface area contributed by atoms with Crippen LogP contribution in [0.25, 0.3) is 6.08 Å². The summed E-state index contributed by atoms with van der Waals surface area (Å²) in [5.74, 6) is 0.562. The minimum absolute atomic E-state index is 0.562. The van der Waals surface area contributed by atoms with Crippen molar-refractivity contribution in [2.75, 3.05) is 27.2 Å². The van der Waals surface area contributed by atoms with Gasteiger partial charge in [-0.25, -0.2) is 0 Å². The van der Waals surface area contributed by atoms with E-state index in [1.54, 1.807) is 0 Å². The van der Waals surface area contributed by atoms with Gasteiger partial charge in [-0.15, -0.1) is 0 Å². The van der Waals surface area contributed by atoms with Gasteiger partial charge in [0.1, 0.15) is 6.61 Å². The number of benzene rings is 1. The molecule has 0 aromatic heterocycles. The van der Waals surface area contributed by atoms with E-state index < -0.39 is 0 Å². The van der Waals surface area contributed by atoms with Crippen LogP contribution in [0.5, 0.6) is 0 Å². The third kappa shape index (κ3) is 7.74. The predicted molar refractivity (Wildman–Crippen MR) is 86.9 cm³/mol. The molecule has 3 nitrogen and oxygen atoms in total. The maximum absolute atomic E-state index is 5.39. The first-order chi connectivity index (χ1) is 9.58. The topological polar surface area (TPSA) is 24.8 Å². The monoisotopic (exact) mass is 274 g/mol. The van der Waals surface area contributed by atoms with Crippen LogP contribution in [0, 0.1) is 5.92 Å². The molecule has 1 aromatic carbocycles. The van der Waals surface area contributed by atoms with Crippen molar-refractivity contribution in [2.45, 2.75) is 20.3 Å². The summed E-state index contributed by atoms with van der Waals surface area (Å²) < 4.78 is 0. The van der Waals surface area contributed by atoms with Crippen LogP contribution in [0.4, 0.5) is 0 Å². The number of hydrogen-bond acceptors (Lipinski definition) is 3. The lowest BCUT2D eigenvalue weighted by atomic mass is 10.1. The second-order valence-corrected chi connectivity index (χ2v) is 5.56. The summed E-state index contributed by atoms with van der Waals surface area (Å²) in [6, 6.07) is 10.2. The molecule has 0 saturated heterocycles. The Morgan fingerprint density at radius 3 is 2.55 bits per heavy atom. The first-order valence-electron chi connectivity index (χ1n) is 7.14. The summed E-state index contributed by atoms with van der Waals surface area (Å²) in [6.45, 7) is 5.87. The van der Waals surface area contributed by atoms with E-state index in [4.69, 9.17) is 4.84 Å². The Balaban J connectivity index is 2.59. The van der Waals surface area contributed by atoms with Gasteiger partial charge < -0.3 is 9.74 Å². The molecule has 20 heavy (non-hydrogen) atoms. The van der Waals surface area contributed by atoms with Crippen molar-refractivity contribution in [1.82, 2.24) is 4.90 Å². The SMILES string of the molecule is CC(C)CC(/C=C/c1ccccc1)=N\OCCN(C)C. The summed E-state index contributed by atoms with van der Waals surface area (Å²) in [6.07, 6.45) is 5.05. The van der Waals surface area contributed by atoms with E-state index in [9.17, 15) is 0 Å². The zero-order valence-electron chi connectivity index (χ0n) is 13.0. The summed E-state index contributed by atoms with van der Waals surface area (Å²) in [5, 5.41) is 4.25. The number of nitrogens with zero attached hydrogens (tertiary/aromatic N) is 2. The quantitative estimate of drug-likeness (QED) is 0.410. The highest BCUT2D eigenvalue weighted by molar-refractivity contribution is 5.97. The average molecular weight is 274 g/mol. The van der Waals surface area contributed by atoms with Crippen LogP contribution in [-0.4, -0.2) is 37.9 Å².